The Hall–Kier alpha value is -1.49. The molecule has 2 rings (SSSR count). The van der Waals surface area contributed by atoms with E-state index in [0.717, 1.165) is 36.6 Å². The lowest BCUT2D eigenvalue weighted by molar-refractivity contribution is 0.174. The lowest BCUT2D eigenvalue weighted by atomic mass is 10.2. The predicted molar refractivity (Wildman–Crippen MR) is 71.7 cm³/mol. The Bertz CT molecular complexity index is 409. The lowest BCUT2D eigenvalue weighted by Crippen LogP contribution is -2.29. The fourth-order valence-electron chi connectivity index (χ4n) is 1.57. The van der Waals surface area contributed by atoms with Crippen molar-refractivity contribution in [2.75, 3.05) is 18.7 Å². The Morgan fingerprint density at radius 2 is 2.29 bits per heavy atom. The van der Waals surface area contributed by atoms with E-state index in [-0.39, 0.29) is 6.79 Å². The summed E-state index contributed by atoms with van der Waals surface area (Å²) in [5.41, 5.74) is 0.842. The molecule has 1 heterocycles. The third kappa shape index (κ3) is 3.00. The molecule has 0 aromatic heterocycles. The van der Waals surface area contributed by atoms with Crippen molar-refractivity contribution < 1.29 is 9.47 Å². The quantitative estimate of drug-likeness (QED) is 0.636. The van der Waals surface area contributed by atoms with E-state index < -0.39 is 0 Å². The summed E-state index contributed by atoms with van der Waals surface area (Å²) in [7, 11) is 0. The van der Waals surface area contributed by atoms with Crippen molar-refractivity contribution in [3.63, 3.8) is 0 Å². The zero-order valence-corrected chi connectivity index (χ0v) is 10.6. The van der Waals surface area contributed by atoms with Gasteiger partial charge in [0.15, 0.2) is 16.6 Å². The second-order valence-electron chi connectivity index (χ2n) is 3.77. The fourth-order valence-corrected chi connectivity index (χ4v) is 1.79. The van der Waals surface area contributed by atoms with Crippen molar-refractivity contribution in [1.82, 2.24) is 5.32 Å². The Kier molecular flexibility index (Phi) is 4.03. The highest BCUT2D eigenvalue weighted by Crippen LogP contribution is 2.38. The normalized spacial score (nSPS) is 12.3. The molecule has 4 nitrogen and oxygen atoms in total. The van der Waals surface area contributed by atoms with Gasteiger partial charge in [0.25, 0.3) is 0 Å². The van der Waals surface area contributed by atoms with Gasteiger partial charge in [0.2, 0.25) is 6.79 Å². The van der Waals surface area contributed by atoms with Crippen LogP contribution >= 0.6 is 12.2 Å². The number of thiocarbonyl (C=S) groups is 1. The minimum Gasteiger partial charge on any atom is -0.454 e. The van der Waals surface area contributed by atoms with Crippen LogP contribution in [0.3, 0.4) is 0 Å². The molecule has 0 saturated heterocycles. The number of hydrogen-bond donors (Lipinski definition) is 2. The maximum Gasteiger partial charge on any atom is 0.231 e. The molecule has 0 radical (unpaired) electrons. The van der Waals surface area contributed by atoms with Gasteiger partial charge in [-0.05, 0) is 30.8 Å². The van der Waals surface area contributed by atoms with Crippen molar-refractivity contribution >= 4 is 23.0 Å². The Morgan fingerprint density at radius 3 is 3.12 bits per heavy atom. The first kappa shape index (κ1) is 12.0. The van der Waals surface area contributed by atoms with Crippen molar-refractivity contribution in [1.29, 1.82) is 0 Å². The third-order valence-corrected chi connectivity index (χ3v) is 2.71. The van der Waals surface area contributed by atoms with E-state index in [2.05, 4.69) is 17.6 Å². The smallest absolute Gasteiger partial charge is 0.231 e. The Balaban J connectivity index is 1.95. The second kappa shape index (κ2) is 5.72. The van der Waals surface area contributed by atoms with Gasteiger partial charge in [-0.1, -0.05) is 19.4 Å². The van der Waals surface area contributed by atoms with E-state index in [4.69, 9.17) is 21.7 Å². The molecule has 1 aliphatic rings. The fraction of sp³-hybridized carbons (Fsp3) is 0.417. The third-order valence-electron chi connectivity index (χ3n) is 2.46. The number of rotatable bonds is 4. The highest BCUT2D eigenvalue weighted by atomic mass is 32.1. The van der Waals surface area contributed by atoms with Gasteiger partial charge in [-0.15, -0.1) is 0 Å². The summed E-state index contributed by atoms with van der Waals surface area (Å²) in [4.78, 5) is 0. The van der Waals surface area contributed by atoms with Gasteiger partial charge in [-0.25, -0.2) is 0 Å². The number of fused-ring (bicyclic) bond motifs is 1. The number of ether oxygens (including phenoxy) is 2. The van der Waals surface area contributed by atoms with Gasteiger partial charge in [-0.3, -0.25) is 0 Å². The maximum atomic E-state index is 5.38. The van der Waals surface area contributed by atoms with Gasteiger partial charge in [-0.2, -0.15) is 0 Å². The molecule has 0 saturated carbocycles. The largest absolute Gasteiger partial charge is 0.454 e. The molecule has 0 aliphatic carbocycles. The van der Waals surface area contributed by atoms with Gasteiger partial charge in [0.05, 0.1) is 5.69 Å². The first-order chi connectivity index (χ1) is 8.31. The van der Waals surface area contributed by atoms with Crippen molar-refractivity contribution in [3.8, 4) is 11.5 Å². The molecule has 0 atom stereocenters. The summed E-state index contributed by atoms with van der Waals surface area (Å²) in [6, 6.07) is 5.70. The summed E-state index contributed by atoms with van der Waals surface area (Å²) in [5.74, 6) is 1.48. The minimum absolute atomic E-state index is 0.268. The molecule has 2 N–H and O–H groups in total. The molecule has 0 bridgehead atoms. The average molecular weight is 252 g/mol. The van der Waals surface area contributed by atoms with Crippen LogP contribution in [0, 0.1) is 0 Å². The van der Waals surface area contributed by atoms with E-state index >= 15 is 0 Å². The second-order valence-corrected chi connectivity index (χ2v) is 4.18. The van der Waals surface area contributed by atoms with E-state index in [1.807, 2.05) is 18.2 Å². The SMILES string of the molecule is CCCCNC(=S)Nc1cccc2c1OCO2. The van der Waals surface area contributed by atoms with Gasteiger partial charge < -0.3 is 20.1 Å². The zero-order valence-electron chi connectivity index (χ0n) is 9.79. The molecule has 0 amide bonds. The van der Waals surface area contributed by atoms with Crippen LogP contribution in [0.4, 0.5) is 5.69 Å². The number of benzene rings is 1. The highest BCUT2D eigenvalue weighted by Gasteiger charge is 2.17. The first-order valence-electron chi connectivity index (χ1n) is 5.74. The highest BCUT2D eigenvalue weighted by molar-refractivity contribution is 7.80. The molecule has 5 heteroatoms. The van der Waals surface area contributed by atoms with Crippen LogP contribution in [0.2, 0.25) is 0 Å². The Labute approximate surface area is 106 Å². The van der Waals surface area contributed by atoms with E-state index in [9.17, 15) is 0 Å². The van der Waals surface area contributed by atoms with E-state index in [1.165, 1.54) is 0 Å². The molecular weight excluding hydrogens is 236 g/mol. The van der Waals surface area contributed by atoms with Crippen LogP contribution in [0.1, 0.15) is 19.8 Å². The average Bonchev–Trinajstić information content (AvgIpc) is 2.78. The van der Waals surface area contributed by atoms with Crippen molar-refractivity contribution in [3.05, 3.63) is 18.2 Å². The molecule has 0 unspecified atom stereocenters. The van der Waals surface area contributed by atoms with Crippen LogP contribution in [-0.2, 0) is 0 Å². The zero-order chi connectivity index (χ0) is 12.1. The number of nitrogens with one attached hydrogen (secondary N) is 2. The molecular formula is C12H16N2O2S. The number of unbranched alkanes of at least 4 members (excludes halogenated alkanes) is 1. The molecule has 1 aliphatic heterocycles. The van der Waals surface area contributed by atoms with Crippen LogP contribution in [0.25, 0.3) is 0 Å². The number of hydrogen-bond acceptors (Lipinski definition) is 3. The molecule has 17 heavy (non-hydrogen) atoms. The van der Waals surface area contributed by atoms with Crippen molar-refractivity contribution in [2.45, 2.75) is 19.8 Å². The number of anilines is 1. The lowest BCUT2D eigenvalue weighted by Gasteiger charge is -2.11. The molecule has 1 aromatic carbocycles. The van der Waals surface area contributed by atoms with Crippen LogP contribution in [0.15, 0.2) is 18.2 Å². The van der Waals surface area contributed by atoms with Crippen LogP contribution in [-0.4, -0.2) is 18.5 Å². The summed E-state index contributed by atoms with van der Waals surface area (Å²) < 4.78 is 10.7. The summed E-state index contributed by atoms with van der Waals surface area (Å²) in [6.45, 7) is 3.30. The Morgan fingerprint density at radius 1 is 1.41 bits per heavy atom. The van der Waals surface area contributed by atoms with E-state index in [1.54, 1.807) is 0 Å². The van der Waals surface area contributed by atoms with E-state index in [0.29, 0.717) is 5.11 Å². The predicted octanol–water partition coefficient (Wildman–Crippen LogP) is 2.50. The minimum atomic E-state index is 0.268. The summed E-state index contributed by atoms with van der Waals surface area (Å²) in [6.07, 6.45) is 2.25. The standard InChI is InChI=1S/C12H16N2O2S/c1-2-3-7-13-12(17)14-9-5-4-6-10-11(9)16-8-15-10/h4-6H,2-3,7-8H2,1H3,(H2,13,14,17). The van der Waals surface area contributed by atoms with Gasteiger partial charge in [0, 0.05) is 6.54 Å². The molecule has 1 aromatic rings. The van der Waals surface area contributed by atoms with Crippen LogP contribution in [0.5, 0.6) is 11.5 Å². The van der Waals surface area contributed by atoms with Gasteiger partial charge >= 0.3 is 0 Å². The first-order valence-corrected chi connectivity index (χ1v) is 6.15. The monoisotopic (exact) mass is 252 g/mol. The maximum absolute atomic E-state index is 5.38. The summed E-state index contributed by atoms with van der Waals surface area (Å²) in [5, 5.41) is 6.88. The molecule has 92 valence electrons. The van der Waals surface area contributed by atoms with Crippen molar-refractivity contribution in [2.24, 2.45) is 0 Å². The molecule has 0 spiro atoms. The number of para-hydroxylation sites is 1. The topological polar surface area (TPSA) is 42.5 Å². The van der Waals surface area contributed by atoms with Crippen LogP contribution < -0.4 is 20.1 Å². The van der Waals surface area contributed by atoms with Gasteiger partial charge in [0.1, 0.15) is 0 Å². The molecule has 0 fully saturated rings. The summed E-state index contributed by atoms with van der Waals surface area (Å²) >= 11 is 5.20.